The number of rotatable bonds is 5. The predicted octanol–water partition coefficient (Wildman–Crippen LogP) is 3.44. The summed E-state index contributed by atoms with van der Waals surface area (Å²) in [6.07, 6.45) is -0.495. The number of aryl methyl sites for hydroxylation is 2. The van der Waals surface area contributed by atoms with Gasteiger partial charge in [0, 0.05) is 19.2 Å². The van der Waals surface area contributed by atoms with Gasteiger partial charge in [-0.05, 0) is 39.8 Å². The average molecular weight is 381 g/mol. The van der Waals surface area contributed by atoms with Crippen molar-refractivity contribution in [1.82, 2.24) is 20.1 Å². The molecule has 1 N–H and O–H groups in total. The number of aromatic nitrogens is 3. The lowest BCUT2D eigenvalue weighted by atomic mass is 9.95. The quantitative estimate of drug-likeness (QED) is 0.804. The number of nitrogens with zero attached hydrogens (tertiary/aromatic N) is 3. The van der Waals surface area contributed by atoms with Crippen molar-refractivity contribution in [2.45, 2.75) is 39.2 Å². The first-order valence-corrected chi connectivity index (χ1v) is 8.67. The second-order valence-corrected chi connectivity index (χ2v) is 7.34. The Balaban J connectivity index is 2.37. The Morgan fingerprint density at radius 1 is 1.38 bits per heavy atom. The minimum absolute atomic E-state index is 0.269. The Bertz CT molecular complexity index is 783. The van der Waals surface area contributed by atoms with E-state index in [1.165, 1.54) is 0 Å². The molecule has 0 saturated heterocycles. The fourth-order valence-corrected chi connectivity index (χ4v) is 2.94. The number of hydrogen-bond acceptors (Lipinski definition) is 5. The number of carbonyl (C=O) groups is 1. The van der Waals surface area contributed by atoms with Gasteiger partial charge < -0.3 is 14.8 Å². The van der Waals surface area contributed by atoms with E-state index < -0.39 is 11.7 Å². The number of carbonyl (C=O) groups excluding carboxylic acids is 1. The van der Waals surface area contributed by atoms with Gasteiger partial charge in [-0.3, -0.25) is 0 Å². The summed E-state index contributed by atoms with van der Waals surface area (Å²) >= 11 is 6.07. The lowest BCUT2D eigenvalue weighted by molar-refractivity contribution is 0.0526. The molecular formula is C18H25ClN4O3. The highest BCUT2D eigenvalue weighted by atomic mass is 35.5. The van der Waals surface area contributed by atoms with Crippen molar-refractivity contribution in [3.63, 3.8) is 0 Å². The molecular weight excluding hydrogens is 356 g/mol. The number of amides is 1. The van der Waals surface area contributed by atoms with Crippen LogP contribution in [0.3, 0.4) is 0 Å². The van der Waals surface area contributed by atoms with Gasteiger partial charge in [0.1, 0.15) is 10.8 Å². The maximum absolute atomic E-state index is 12.1. The molecule has 1 atom stereocenters. The number of nitrogens with one attached hydrogen (secondary N) is 1. The summed E-state index contributed by atoms with van der Waals surface area (Å²) in [5, 5.41) is 7.61. The van der Waals surface area contributed by atoms with Gasteiger partial charge in [-0.15, -0.1) is 0 Å². The molecule has 1 amide bonds. The molecule has 2 aromatic heterocycles. The molecule has 2 aromatic rings. The zero-order valence-electron chi connectivity index (χ0n) is 16.0. The SMILES string of the molecule is COc1c(C(CNC(=O)OC(C)(C)C)c2cccc(Cl)n2)c(C)nn1C. The highest BCUT2D eigenvalue weighted by Gasteiger charge is 2.27. The van der Waals surface area contributed by atoms with Crippen molar-refractivity contribution in [2.75, 3.05) is 13.7 Å². The molecule has 142 valence electrons. The monoisotopic (exact) mass is 380 g/mol. The summed E-state index contributed by atoms with van der Waals surface area (Å²) in [5.41, 5.74) is 1.78. The summed E-state index contributed by atoms with van der Waals surface area (Å²) in [6.45, 7) is 7.61. The molecule has 8 heteroatoms. The predicted molar refractivity (Wildman–Crippen MR) is 99.8 cm³/mol. The van der Waals surface area contributed by atoms with Gasteiger partial charge in [0.25, 0.3) is 0 Å². The van der Waals surface area contributed by atoms with Crippen LogP contribution in [-0.4, -0.2) is 40.1 Å². The van der Waals surface area contributed by atoms with Crippen molar-refractivity contribution in [3.05, 3.63) is 40.3 Å². The van der Waals surface area contributed by atoms with E-state index in [9.17, 15) is 4.79 Å². The van der Waals surface area contributed by atoms with Crippen molar-refractivity contribution in [1.29, 1.82) is 0 Å². The number of hydrogen-bond donors (Lipinski definition) is 1. The summed E-state index contributed by atoms with van der Waals surface area (Å²) < 4.78 is 12.5. The third-order valence-electron chi connectivity index (χ3n) is 3.70. The van der Waals surface area contributed by atoms with Crippen LogP contribution >= 0.6 is 11.6 Å². The Morgan fingerprint density at radius 2 is 2.08 bits per heavy atom. The van der Waals surface area contributed by atoms with Crippen LogP contribution in [-0.2, 0) is 11.8 Å². The molecule has 0 fully saturated rings. The van der Waals surface area contributed by atoms with Crippen LogP contribution in [0.4, 0.5) is 4.79 Å². The summed E-state index contributed by atoms with van der Waals surface area (Å²) in [5.74, 6) is 0.324. The van der Waals surface area contributed by atoms with E-state index in [4.69, 9.17) is 21.1 Å². The van der Waals surface area contributed by atoms with Gasteiger partial charge in [-0.25, -0.2) is 14.5 Å². The summed E-state index contributed by atoms with van der Waals surface area (Å²) in [7, 11) is 3.39. The second-order valence-electron chi connectivity index (χ2n) is 6.95. The maximum Gasteiger partial charge on any atom is 0.407 e. The normalized spacial score (nSPS) is 12.6. The van der Waals surface area contributed by atoms with Crippen LogP contribution in [0.1, 0.15) is 43.6 Å². The maximum atomic E-state index is 12.1. The molecule has 0 spiro atoms. The average Bonchev–Trinajstić information content (AvgIpc) is 2.80. The summed E-state index contributed by atoms with van der Waals surface area (Å²) in [4.78, 5) is 16.5. The lowest BCUT2D eigenvalue weighted by Crippen LogP contribution is -2.35. The minimum atomic E-state index is -0.574. The molecule has 1 unspecified atom stereocenters. The molecule has 0 radical (unpaired) electrons. The van der Waals surface area contributed by atoms with Crippen molar-refractivity contribution < 1.29 is 14.3 Å². The molecule has 7 nitrogen and oxygen atoms in total. The van der Waals surface area contributed by atoms with Gasteiger partial charge in [0.15, 0.2) is 0 Å². The van der Waals surface area contributed by atoms with Crippen LogP contribution in [0, 0.1) is 6.92 Å². The largest absolute Gasteiger partial charge is 0.481 e. The van der Waals surface area contributed by atoms with E-state index in [0.29, 0.717) is 16.7 Å². The number of halogens is 1. The van der Waals surface area contributed by atoms with Crippen molar-refractivity contribution in [2.24, 2.45) is 7.05 Å². The topological polar surface area (TPSA) is 78.3 Å². The highest BCUT2D eigenvalue weighted by Crippen LogP contribution is 2.33. The number of alkyl carbamates (subject to hydrolysis) is 1. The first-order chi connectivity index (χ1) is 12.1. The van der Waals surface area contributed by atoms with E-state index in [2.05, 4.69) is 15.4 Å². The van der Waals surface area contributed by atoms with Crippen molar-refractivity contribution in [3.8, 4) is 5.88 Å². The molecule has 2 rings (SSSR count). The van der Waals surface area contributed by atoms with E-state index in [0.717, 1.165) is 11.3 Å². The lowest BCUT2D eigenvalue weighted by Gasteiger charge is -2.22. The number of pyridine rings is 1. The van der Waals surface area contributed by atoms with E-state index in [1.807, 2.05) is 39.8 Å². The van der Waals surface area contributed by atoms with Crippen LogP contribution in [0.5, 0.6) is 5.88 Å². The molecule has 0 aliphatic rings. The molecule has 2 heterocycles. The Kier molecular flexibility index (Phi) is 6.13. The third kappa shape index (κ3) is 4.88. The molecule has 0 aliphatic carbocycles. The fourth-order valence-electron chi connectivity index (χ4n) is 2.77. The molecule has 0 bridgehead atoms. The summed E-state index contributed by atoms with van der Waals surface area (Å²) in [6, 6.07) is 5.39. The van der Waals surface area contributed by atoms with Gasteiger partial charge in [0.2, 0.25) is 5.88 Å². The van der Waals surface area contributed by atoms with Crippen LogP contribution < -0.4 is 10.1 Å². The van der Waals surface area contributed by atoms with Gasteiger partial charge >= 0.3 is 6.09 Å². The molecule has 26 heavy (non-hydrogen) atoms. The Labute approximate surface area is 158 Å². The first-order valence-electron chi connectivity index (χ1n) is 8.29. The van der Waals surface area contributed by atoms with E-state index >= 15 is 0 Å². The van der Waals surface area contributed by atoms with Gasteiger partial charge in [-0.1, -0.05) is 17.7 Å². The number of ether oxygens (including phenoxy) is 2. The van der Waals surface area contributed by atoms with Crippen LogP contribution in [0.15, 0.2) is 18.2 Å². The van der Waals surface area contributed by atoms with Crippen LogP contribution in [0.2, 0.25) is 5.15 Å². The Hall–Kier alpha value is -2.28. The standard InChI is InChI=1S/C18H25ClN4O3/c1-11-15(16(25-6)23(5)22-11)12(13-8-7-9-14(19)21-13)10-20-17(24)26-18(2,3)4/h7-9,12H,10H2,1-6H3,(H,20,24). The highest BCUT2D eigenvalue weighted by molar-refractivity contribution is 6.29. The van der Waals surface area contributed by atoms with Gasteiger partial charge in [-0.2, -0.15) is 5.10 Å². The fraction of sp³-hybridized carbons (Fsp3) is 0.500. The third-order valence-corrected chi connectivity index (χ3v) is 3.91. The van der Waals surface area contributed by atoms with E-state index in [1.54, 1.807) is 24.9 Å². The van der Waals surface area contributed by atoms with Gasteiger partial charge in [0.05, 0.1) is 24.4 Å². The molecule has 0 aromatic carbocycles. The zero-order chi connectivity index (χ0) is 19.5. The molecule has 0 saturated carbocycles. The van der Waals surface area contributed by atoms with Crippen LogP contribution in [0.25, 0.3) is 0 Å². The smallest absolute Gasteiger partial charge is 0.407 e. The molecule has 0 aliphatic heterocycles. The van der Waals surface area contributed by atoms with E-state index in [-0.39, 0.29) is 12.5 Å². The van der Waals surface area contributed by atoms with Crippen molar-refractivity contribution >= 4 is 17.7 Å². The Morgan fingerprint density at radius 3 is 2.65 bits per heavy atom. The minimum Gasteiger partial charge on any atom is -0.481 e. The first kappa shape index (κ1) is 20.0. The zero-order valence-corrected chi connectivity index (χ0v) is 16.7. The second kappa shape index (κ2) is 7.95. The number of methoxy groups -OCH3 is 1.